The summed E-state index contributed by atoms with van der Waals surface area (Å²) in [7, 11) is 1.82. The number of hydrogen-bond acceptors (Lipinski definition) is 3. The number of aryl methyl sites for hydroxylation is 2. The van der Waals surface area contributed by atoms with Crippen LogP contribution in [-0.4, -0.2) is 19.6 Å². The SMILES string of the molecule is CCn1nccc1-c1cc(N)n(C)n1. The Labute approximate surface area is 82.1 Å². The fourth-order valence-corrected chi connectivity index (χ4v) is 1.41. The summed E-state index contributed by atoms with van der Waals surface area (Å²) in [5.74, 6) is 0.656. The van der Waals surface area contributed by atoms with Crippen LogP contribution in [0, 0.1) is 0 Å². The van der Waals surface area contributed by atoms with E-state index in [0.29, 0.717) is 5.82 Å². The molecular weight excluding hydrogens is 178 g/mol. The van der Waals surface area contributed by atoms with E-state index in [1.54, 1.807) is 10.9 Å². The topological polar surface area (TPSA) is 61.7 Å². The van der Waals surface area contributed by atoms with E-state index in [0.717, 1.165) is 17.9 Å². The molecule has 2 rings (SSSR count). The average Bonchev–Trinajstić information content (AvgIpc) is 2.73. The number of hydrogen-bond donors (Lipinski definition) is 1. The molecule has 0 aromatic carbocycles. The molecule has 0 amide bonds. The van der Waals surface area contributed by atoms with Crippen molar-refractivity contribution in [2.75, 3.05) is 5.73 Å². The van der Waals surface area contributed by atoms with Crippen LogP contribution in [0.5, 0.6) is 0 Å². The van der Waals surface area contributed by atoms with E-state index in [1.165, 1.54) is 0 Å². The largest absolute Gasteiger partial charge is 0.384 e. The zero-order valence-electron chi connectivity index (χ0n) is 8.31. The second-order valence-electron chi connectivity index (χ2n) is 3.11. The molecule has 0 saturated heterocycles. The predicted octanol–water partition coefficient (Wildman–Crippen LogP) is 0.886. The summed E-state index contributed by atoms with van der Waals surface area (Å²) in [6.45, 7) is 2.88. The minimum atomic E-state index is 0.656. The molecule has 0 aliphatic heterocycles. The molecule has 2 aromatic rings. The minimum absolute atomic E-state index is 0.656. The van der Waals surface area contributed by atoms with Crippen molar-refractivity contribution in [1.29, 1.82) is 0 Å². The van der Waals surface area contributed by atoms with Crippen LogP contribution in [0.4, 0.5) is 5.82 Å². The zero-order valence-corrected chi connectivity index (χ0v) is 8.31. The predicted molar refractivity (Wildman–Crippen MR) is 54.5 cm³/mol. The number of nitrogens with zero attached hydrogens (tertiary/aromatic N) is 4. The van der Waals surface area contributed by atoms with E-state index in [9.17, 15) is 0 Å². The summed E-state index contributed by atoms with van der Waals surface area (Å²) >= 11 is 0. The van der Waals surface area contributed by atoms with E-state index >= 15 is 0 Å². The van der Waals surface area contributed by atoms with Gasteiger partial charge in [0.1, 0.15) is 11.5 Å². The number of rotatable bonds is 2. The van der Waals surface area contributed by atoms with Gasteiger partial charge in [0.25, 0.3) is 0 Å². The van der Waals surface area contributed by atoms with Crippen LogP contribution >= 0.6 is 0 Å². The first-order valence-electron chi connectivity index (χ1n) is 4.54. The van der Waals surface area contributed by atoms with E-state index in [4.69, 9.17) is 5.73 Å². The van der Waals surface area contributed by atoms with Gasteiger partial charge in [-0.15, -0.1) is 0 Å². The molecular formula is C9H13N5. The molecule has 0 aliphatic rings. The minimum Gasteiger partial charge on any atom is -0.384 e. The molecule has 2 aromatic heterocycles. The lowest BCUT2D eigenvalue weighted by atomic mass is 10.3. The Bertz CT molecular complexity index is 420. The third-order valence-corrected chi connectivity index (χ3v) is 2.19. The Kier molecular flexibility index (Phi) is 1.99. The van der Waals surface area contributed by atoms with Crippen molar-refractivity contribution in [3.05, 3.63) is 18.3 Å². The Morgan fingerprint density at radius 1 is 1.50 bits per heavy atom. The monoisotopic (exact) mass is 191 g/mol. The highest BCUT2D eigenvalue weighted by Gasteiger charge is 2.08. The maximum absolute atomic E-state index is 5.71. The molecule has 0 atom stereocenters. The molecule has 0 radical (unpaired) electrons. The summed E-state index contributed by atoms with van der Waals surface area (Å²) in [6.07, 6.45) is 1.77. The number of nitrogens with two attached hydrogens (primary N) is 1. The van der Waals surface area contributed by atoms with Crippen molar-refractivity contribution in [2.45, 2.75) is 13.5 Å². The first kappa shape index (κ1) is 8.80. The molecule has 0 bridgehead atoms. The van der Waals surface area contributed by atoms with Gasteiger partial charge in [-0.1, -0.05) is 0 Å². The fraction of sp³-hybridized carbons (Fsp3) is 0.333. The fourth-order valence-electron chi connectivity index (χ4n) is 1.41. The molecule has 2 N–H and O–H groups in total. The molecule has 14 heavy (non-hydrogen) atoms. The van der Waals surface area contributed by atoms with Gasteiger partial charge in [-0.2, -0.15) is 10.2 Å². The lowest BCUT2D eigenvalue weighted by Crippen LogP contribution is -2.00. The summed E-state index contributed by atoms with van der Waals surface area (Å²) in [5, 5.41) is 8.47. The van der Waals surface area contributed by atoms with Gasteiger partial charge in [-0.25, -0.2) is 0 Å². The molecule has 0 fully saturated rings. The van der Waals surface area contributed by atoms with Crippen LogP contribution in [0.15, 0.2) is 18.3 Å². The van der Waals surface area contributed by atoms with Gasteiger partial charge in [0.05, 0.1) is 5.69 Å². The molecule has 74 valence electrons. The lowest BCUT2D eigenvalue weighted by molar-refractivity contribution is 0.663. The standard InChI is InChI=1S/C9H13N5/c1-3-14-8(4-5-11-14)7-6-9(10)13(2)12-7/h4-6H,3,10H2,1-2H3. The first-order chi connectivity index (χ1) is 6.72. The lowest BCUT2D eigenvalue weighted by Gasteiger charge is -1.99. The van der Waals surface area contributed by atoms with Crippen LogP contribution in [0.2, 0.25) is 0 Å². The van der Waals surface area contributed by atoms with Crippen LogP contribution in [0.1, 0.15) is 6.92 Å². The number of anilines is 1. The van der Waals surface area contributed by atoms with Crippen molar-refractivity contribution >= 4 is 5.82 Å². The Morgan fingerprint density at radius 3 is 2.86 bits per heavy atom. The van der Waals surface area contributed by atoms with Crippen LogP contribution in [0.25, 0.3) is 11.4 Å². The average molecular weight is 191 g/mol. The summed E-state index contributed by atoms with van der Waals surface area (Å²) < 4.78 is 3.55. The third kappa shape index (κ3) is 1.26. The number of nitrogen functional groups attached to an aromatic ring is 1. The molecule has 0 unspecified atom stereocenters. The second-order valence-corrected chi connectivity index (χ2v) is 3.11. The molecule has 5 heteroatoms. The van der Waals surface area contributed by atoms with E-state index in [1.807, 2.05) is 30.8 Å². The highest BCUT2D eigenvalue weighted by Crippen LogP contribution is 2.18. The maximum atomic E-state index is 5.71. The molecule has 0 spiro atoms. The Hall–Kier alpha value is -1.78. The smallest absolute Gasteiger partial charge is 0.122 e. The Morgan fingerprint density at radius 2 is 2.29 bits per heavy atom. The van der Waals surface area contributed by atoms with Gasteiger partial charge < -0.3 is 5.73 Å². The normalized spacial score (nSPS) is 10.7. The maximum Gasteiger partial charge on any atom is 0.122 e. The van der Waals surface area contributed by atoms with Crippen molar-refractivity contribution < 1.29 is 0 Å². The third-order valence-electron chi connectivity index (χ3n) is 2.19. The molecule has 2 heterocycles. The van der Waals surface area contributed by atoms with Crippen LogP contribution in [-0.2, 0) is 13.6 Å². The summed E-state index contributed by atoms with van der Waals surface area (Å²) in [6, 6.07) is 3.79. The highest BCUT2D eigenvalue weighted by atomic mass is 15.3. The zero-order chi connectivity index (χ0) is 10.1. The van der Waals surface area contributed by atoms with E-state index < -0.39 is 0 Å². The van der Waals surface area contributed by atoms with Gasteiger partial charge in [0.15, 0.2) is 0 Å². The number of aromatic nitrogens is 4. The Balaban J connectivity index is 2.49. The molecule has 0 aliphatic carbocycles. The summed E-state index contributed by atoms with van der Waals surface area (Å²) in [4.78, 5) is 0. The first-order valence-corrected chi connectivity index (χ1v) is 4.54. The van der Waals surface area contributed by atoms with Crippen LogP contribution in [0.3, 0.4) is 0 Å². The summed E-state index contributed by atoms with van der Waals surface area (Å²) in [5.41, 5.74) is 7.57. The van der Waals surface area contributed by atoms with Gasteiger partial charge in [-0.05, 0) is 13.0 Å². The van der Waals surface area contributed by atoms with Crippen molar-refractivity contribution in [3.8, 4) is 11.4 Å². The van der Waals surface area contributed by atoms with Gasteiger partial charge in [0.2, 0.25) is 0 Å². The molecule has 0 saturated carbocycles. The van der Waals surface area contributed by atoms with Gasteiger partial charge >= 0.3 is 0 Å². The molecule has 5 nitrogen and oxygen atoms in total. The highest BCUT2D eigenvalue weighted by molar-refractivity contribution is 5.58. The van der Waals surface area contributed by atoms with E-state index in [-0.39, 0.29) is 0 Å². The van der Waals surface area contributed by atoms with Crippen molar-refractivity contribution in [1.82, 2.24) is 19.6 Å². The van der Waals surface area contributed by atoms with Crippen molar-refractivity contribution in [2.24, 2.45) is 7.05 Å². The quantitative estimate of drug-likeness (QED) is 0.766. The van der Waals surface area contributed by atoms with Crippen molar-refractivity contribution in [3.63, 3.8) is 0 Å². The van der Waals surface area contributed by atoms with Crippen LogP contribution < -0.4 is 5.73 Å². The van der Waals surface area contributed by atoms with Gasteiger partial charge in [-0.3, -0.25) is 9.36 Å². The van der Waals surface area contributed by atoms with Gasteiger partial charge in [0, 0.05) is 25.9 Å². The second kappa shape index (κ2) is 3.17. The van der Waals surface area contributed by atoms with E-state index in [2.05, 4.69) is 10.2 Å².